The maximum absolute atomic E-state index is 12.8. The van der Waals surface area contributed by atoms with E-state index in [1.165, 1.54) is 31.2 Å². The molecule has 0 aromatic heterocycles. The predicted molar refractivity (Wildman–Crippen MR) is 87.5 cm³/mol. The highest BCUT2D eigenvalue weighted by Gasteiger charge is 2.18. The van der Waals surface area contributed by atoms with Crippen LogP contribution < -0.4 is 10.1 Å². The Bertz CT molecular complexity index is 721. The largest absolute Gasteiger partial charge is 0.482 e. The van der Waals surface area contributed by atoms with Crippen molar-refractivity contribution in [3.63, 3.8) is 0 Å². The number of esters is 1. The van der Waals surface area contributed by atoms with Gasteiger partial charge in [0.05, 0.1) is 0 Å². The van der Waals surface area contributed by atoms with Gasteiger partial charge in [-0.15, -0.1) is 0 Å². The van der Waals surface area contributed by atoms with Gasteiger partial charge in [-0.05, 0) is 49.4 Å². The Morgan fingerprint density at radius 1 is 1.21 bits per heavy atom. The first-order valence-corrected chi connectivity index (χ1v) is 7.46. The maximum atomic E-state index is 12.8. The van der Waals surface area contributed by atoms with Crippen LogP contribution in [-0.4, -0.2) is 24.6 Å². The molecule has 7 heteroatoms. The lowest BCUT2D eigenvalue weighted by atomic mass is 10.3. The summed E-state index contributed by atoms with van der Waals surface area (Å²) in [6, 6.07) is 11.8. The fourth-order valence-corrected chi connectivity index (χ4v) is 1.94. The summed E-state index contributed by atoms with van der Waals surface area (Å²) in [4.78, 5) is 23.6. The third-order valence-corrected chi connectivity index (χ3v) is 3.18. The Balaban J connectivity index is 1.80. The highest BCUT2D eigenvalue weighted by Crippen LogP contribution is 2.17. The molecule has 1 N–H and O–H groups in total. The molecule has 24 heavy (non-hydrogen) atoms. The maximum Gasteiger partial charge on any atom is 0.344 e. The molecule has 1 atom stereocenters. The van der Waals surface area contributed by atoms with E-state index in [4.69, 9.17) is 21.1 Å². The minimum absolute atomic E-state index is 0.353. The van der Waals surface area contributed by atoms with Gasteiger partial charge in [-0.2, -0.15) is 0 Å². The van der Waals surface area contributed by atoms with Gasteiger partial charge < -0.3 is 14.8 Å². The van der Waals surface area contributed by atoms with E-state index in [-0.39, 0.29) is 6.61 Å². The summed E-state index contributed by atoms with van der Waals surface area (Å²) in [6.07, 6.45) is -1.02. The second-order valence-corrected chi connectivity index (χ2v) is 5.31. The van der Waals surface area contributed by atoms with E-state index in [9.17, 15) is 14.0 Å². The Morgan fingerprint density at radius 3 is 2.58 bits per heavy atom. The summed E-state index contributed by atoms with van der Waals surface area (Å²) >= 11 is 5.80. The van der Waals surface area contributed by atoms with E-state index in [1.54, 1.807) is 24.3 Å². The Kier molecular flexibility index (Phi) is 6.14. The summed E-state index contributed by atoms with van der Waals surface area (Å²) < 4.78 is 23.0. The minimum atomic E-state index is -1.02. The van der Waals surface area contributed by atoms with E-state index in [2.05, 4.69) is 5.32 Å². The van der Waals surface area contributed by atoms with Crippen LogP contribution >= 0.6 is 11.6 Å². The van der Waals surface area contributed by atoms with Gasteiger partial charge in [0.25, 0.3) is 5.91 Å². The molecule has 1 amide bonds. The molecule has 0 unspecified atom stereocenters. The number of carbonyl (C=O) groups is 2. The highest BCUT2D eigenvalue weighted by atomic mass is 35.5. The van der Waals surface area contributed by atoms with E-state index in [0.717, 1.165) is 0 Å². The Morgan fingerprint density at radius 2 is 1.92 bits per heavy atom. The smallest absolute Gasteiger partial charge is 0.344 e. The molecule has 0 saturated carbocycles. The van der Waals surface area contributed by atoms with Gasteiger partial charge in [0.2, 0.25) is 0 Å². The summed E-state index contributed by atoms with van der Waals surface area (Å²) in [5.74, 6) is -1.22. The normalized spacial score (nSPS) is 11.5. The van der Waals surface area contributed by atoms with Gasteiger partial charge in [-0.1, -0.05) is 17.7 Å². The van der Waals surface area contributed by atoms with Crippen molar-refractivity contribution in [3.05, 3.63) is 59.4 Å². The molecule has 2 aromatic rings. The first kappa shape index (κ1) is 17.7. The lowest BCUT2D eigenvalue weighted by Gasteiger charge is -2.14. The molecule has 0 radical (unpaired) electrons. The van der Waals surface area contributed by atoms with Crippen molar-refractivity contribution in [1.29, 1.82) is 0 Å². The summed E-state index contributed by atoms with van der Waals surface area (Å²) in [6.45, 7) is 1.07. The number of rotatable bonds is 6. The first-order chi connectivity index (χ1) is 11.4. The summed E-state index contributed by atoms with van der Waals surface area (Å²) in [5.41, 5.74) is 0.402. The number of amides is 1. The molecule has 126 valence electrons. The zero-order valence-corrected chi connectivity index (χ0v) is 13.5. The molecular weight excluding hydrogens is 337 g/mol. The zero-order valence-electron chi connectivity index (χ0n) is 12.8. The fourth-order valence-electron chi connectivity index (χ4n) is 1.76. The molecule has 2 aromatic carbocycles. The van der Waals surface area contributed by atoms with Gasteiger partial charge >= 0.3 is 5.97 Å². The number of halogens is 2. The number of benzene rings is 2. The number of hydrogen-bond donors (Lipinski definition) is 1. The van der Waals surface area contributed by atoms with Gasteiger partial charge in [0, 0.05) is 10.7 Å². The van der Waals surface area contributed by atoms with Gasteiger partial charge in [-0.25, -0.2) is 9.18 Å². The zero-order chi connectivity index (χ0) is 17.5. The van der Waals surface area contributed by atoms with Crippen LogP contribution in [0.2, 0.25) is 5.02 Å². The van der Waals surface area contributed by atoms with Crippen molar-refractivity contribution < 1.29 is 23.5 Å². The Hall–Kier alpha value is -2.60. The lowest BCUT2D eigenvalue weighted by molar-refractivity contribution is -0.155. The van der Waals surface area contributed by atoms with Gasteiger partial charge in [0.1, 0.15) is 11.6 Å². The van der Waals surface area contributed by atoms with Crippen LogP contribution in [0, 0.1) is 5.82 Å². The van der Waals surface area contributed by atoms with Crippen LogP contribution in [0.1, 0.15) is 6.92 Å². The molecule has 0 spiro atoms. The molecule has 0 aliphatic heterocycles. The van der Waals surface area contributed by atoms with Crippen LogP contribution in [0.4, 0.5) is 10.1 Å². The van der Waals surface area contributed by atoms with E-state index >= 15 is 0 Å². The number of nitrogens with one attached hydrogen (secondary N) is 1. The van der Waals surface area contributed by atoms with Crippen molar-refractivity contribution in [2.24, 2.45) is 0 Å². The van der Waals surface area contributed by atoms with Crippen LogP contribution in [0.5, 0.6) is 5.75 Å². The fraction of sp³-hybridized carbons (Fsp3) is 0.176. The first-order valence-electron chi connectivity index (χ1n) is 7.08. The molecule has 0 bridgehead atoms. The molecular formula is C17H15ClFNO4. The topological polar surface area (TPSA) is 64.6 Å². The van der Waals surface area contributed by atoms with E-state index in [0.29, 0.717) is 16.5 Å². The van der Waals surface area contributed by atoms with Crippen LogP contribution in [0.25, 0.3) is 0 Å². The summed E-state index contributed by atoms with van der Waals surface area (Å²) in [5, 5.41) is 2.99. The molecule has 0 aliphatic rings. The van der Waals surface area contributed by atoms with Crippen LogP contribution in [0.15, 0.2) is 48.5 Å². The molecule has 0 aliphatic carbocycles. The standard InChI is InChI=1S/C17H15ClFNO4/c1-11(17(22)20-14-7-5-13(19)6-8-14)24-16(21)10-23-15-4-2-3-12(18)9-15/h2-9,11H,10H2,1H3,(H,20,22)/t11-/m0/s1. The quantitative estimate of drug-likeness (QED) is 0.810. The number of hydrogen-bond acceptors (Lipinski definition) is 4. The van der Waals surface area contributed by atoms with Crippen molar-refractivity contribution in [2.45, 2.75) is 13.0 Å². The van der Waals surface area contributed by atoms with Gasteiger partial charge in [0.15, 0.2) is 12.7 Å². The van der Waals surface area contributed by atoms with Gasteiger partial charge in [-0.3, -0.25) is 4.79 Å². The van der Waals surface area contributed by atoms with E-state index in [1.807, 2.05) is 0 Å². The lowest BCUT2D eigenvalue weighted by Crippen LogP contribution is -2.31. The molecule has 0 fully saturated rings. The van der Waals surface area contributed by atoms with Crippen molar-refractivity contribution in [1.82, 2.24) is 0 Å². The molecule has 0 saturated heterocycles. The number of anilines is 1. The second kappa shape index (κ2) is 8.31. The SMILES string of the molecule is C[C@H](OC(=O)COc1cccc(Cl)c1)C(=O)Nc1ccc(F)cc1. The van der Waals surface area contributed by atoms with Crippen LogP contribution in [-0.2, 0) is 14.3 Å². The molecule has 5 nitrogen and oxygen atoms in total. The van der Waals surface area contributed by atoms with Crippen molar-refractivity contribution in [2.75, 3.05) is 11.9 Å². The van der Waals surface area contributed by atoms with E-state index < -0.39 is 23.8 Å². The second-order valence-electron chi connectivity index (χ2n) is 4.87. The third-order valence-electron chi connectivity index (χ3n) is 2.94. The van der Waals surface area contributed by atoms with Crippen molar-refractivity contribution in [3.8, 4) is 5.75 Å². The number of carbonyl (C=O) groups excluding carboxylic acids is 2. The average Bonchev–Trinajstić information content (AvgIpc) is 2.55. The highest BCUT2D eigenvalue weighted by molar-refractivity contribution is 6.30. The predicted octanol–water partition coefficient (Wildman–Crippen LogP) is 3.43. The molecule has 0 heterocycles. The summed E-state index contributed by atoms with van der Waals surface area (Å²) in [7, 11) is 0. The average molecular weight is 352 g/mol. The third kappa shape index (κ3) is 5.55. The van der Waals surface area contributed by atoms with Crippen molar-refractivity contribution >= 4 is 29.2 Å². The monoisotopic (exact) mass is 351 g/mol. The molecule has 2 rings (SSSR count). The Labute approximate surface area is 143 Å². The number of ether oxygens (including phenoxy) is 2. The minimum Gasteiger partial charge on any atom is -0.482 e. The van der Waals surface area contributed by atoms with Crippen LogP contribution in [0.3, 0.4) is 0 Å².